The second kappa shape index (κ2) is 10.7. The minimum atomic E-state index is -0.265. The first-order valence-electron chi connectivity index (χ1n) is 7.36. The molecule has 110 valence electrons. The lowest BCUT2D eigenvalue weighted by molar-refractivity contribution is 0.115. The van der Waals surface area contributed by atoms with Crippen molar-refractivity contribution in [1.82, 2.24) is 15.1 Å². The largest absolute Gasteiger partial charge is 0.390 e. The fourth-order valence-corrected chi connectivity index (χ4v) is 1.90. The smallest absolute Gasteiger partial charge is 0.0791 e. The molecule has 0 aliphatic carbocycles. The van der Waals surface area contributed by atoms with E-state index in [1.165, 1.54) is 6.42 Å². The molecule has 0 radical (unpaired) electrons. The molecule has 0 saturated carbocycles. The summed E-state index contributed by atoms with van der Waals surface area (Å²) < 4.78 is 0. The van der Waals surface area contributed by atoms with Crippen molar-refractivity contribution in [2.45, 2.75) is 46.3 Å². The van der Waals surface area contributed by atoms with Crippen LogP contribution < -0.4 is 5.32 Å². The van der Waals surface area contributed by atoms with Crippen molar-refractivity contribution in [2.75, 3.05) is 46.3 Å². The number of hydrogen-bond acceptors (Lipinski definition) is 4. The topological polar surface area (TPSA) is 38.7 Å². The molecule has 0 rings (SSSR count). The average Bonchev–Trinajstić information content (AvgIpc) is 2.39. The van der Waals surface area contributed by atoms with Crippen molar-refractivity contribution >= 4 is 0 Å². The minimum Gasteiger partial charge on any atom is -0.390 e. The summed E-state index contributed by atoms with van der Waals surface area (Å²) in [6.07, 6.45) is 0.917. The Morgan fingerprint density at radius 1 is 1.17 bits per heavy atom. The van der Waals surface area contributed by atoms with Crippen LogP contribution in [0.25, 0.3) is 0 Å². The third-order valence-corrected chi connectivity index (χ3v) is 3.73. The van der Waals surface area contributed by atoms with Gasteiger partial charge in [0.15, 0.2) is 0 Å². The Labute approximate surface area is 113 Å². The number of aliphatic hydroxyl groups is 1. The van der Waals surface area contributed by atoms with Crippen LogP contribution in [0.2, 0.25) is 0 Å². The van der Waals surface area contributed by atoms with E-state index < -0.39 is 0 Å². The summed E-state index contributed by atoms with van der Waals surface area (Å²) >= 11 is 0. The highest BCUT2D eigenvalue weighted by Gasteiger charge is 2.09. The molecule has 0 aliphatic heterocycles. The zero-order valence-electron chi connectivity index (χ0n) is 12.9. The summed E-state index contributed by atoms with van der Waals surface area (Å²) in [5.74, 6) is 0. The van der Waals surface area contributed by atoms with E-state index in [4.69, 9.17) is 0 Å². The maximum Gasteiger partial charge on any atom is 0.0791 e. The van der Waals surface area contributed by atoms with E-state index in [2.05, 4.69) is 49.9 Å². The van der Waals surface area contributed by atoms with Gasteiger partial charge in [-0.2, -0.15) is 0 Å². The minimum absolute atomic E-state index is 0.265. The predicted molar refractivity (Wildman–Crippen MR) is 79.0 cm³/mol. The first kappa shape index (κ1) is 17.8. The molecule has 0 heterocycles. The predicted octanol–water partition coefficient (Wildman–Crippen LogP) is 1.01. The molecular weight excluding hydrogens is 226 g/mol. The molecule has 0 aromatic rings. The third kappa shape index (κ3) is 8.03. The molecule has 0 aromatic carbocycles. The van der Waals surface area contributed by atoms with Crippen molar-refractivity contribution in [3.63, 3.8) is 0 Å². The van der Waals surface area contributed by atoms with Gasteiger partial charge in [0.1, 0.15) is 0 Å². The highest BCUT2D eigenvalue weighted by Crippen LogP contribution is 1.98. The molecule has 0 aromatic heterocycles. The molecule has 0 bridgehead atoms. The maximum atomic E-state index is 9.88. The summed E-state index contributed by atoms with van der Waals surface area (Å²) in [5.41, 5.74) is 0. The number of aliphatic hydroxyl groups excluding tert-OH is 1. The van der Waals surface area contributed by atoms with Gasteiger partial charge in [-0.1, -0.05) is 20.8 Å². The SMILES string of the molecule is CCC(C)N(C)CCNCC(O)CN(CC)CC. The number of likely N-dealkylation sites (N-methyl/N-ethyl adjacent to an activating group) is 2. The van der Waals surface area contributed by atoms with Crippen LogP contribution in [0.5, 0.6) is 0 Å². The summed E-state index contributed by atoms with van der Waals surface area (Å²) in [7, 11) is 2.15. The van der Waals surface area contributed by atoms with Gasteiger partial charge in [-0.15, -0.1) is 0 Å². The zero-order chi connectivity index (χ0) is 14.0. The molecule has 2 N–H and O–H groups in total. The Bertz CT molecular complexity index is 186. The van der Waals surface area contributed by atoms with Crippen molar-refractivity contribution < 1.29 is 5.11 Å². The molecule has 2 atom stereocenters. The Kier molecular flexibility index (Phi) is 10.6. The zero-order valence-corrected chi connectivity index (χ0v) is 12.9. The second-order valence-electron chi connectivity index (χ2n) is 5.08. The van der Waals surface area contributed by atoms with Gasteiger partial charge in [-0.3, -0.25) is 0 Å². The Morgan fingerprint density at radius 2 is 1.78 bits per heavy atom. The number of rotatable bonds is 11. The quantitative estimate of drug-likeness (QED) is 0.543. The Hall–Kier alpha value is -0.160. The monoisotopic (exact) mass is 259 g/mol. The van der Waals surface area contributed by atoms with Crippen LogP contribution in [-0.2, 0) is 0 Å². The molecule has 4 heteroatoms. The van der Waals surface area contributed by atoms with Crippen LogP contribution in [0.1, 0.15) is 34.1 Å². The van der Waals surface area contributed by atoms with Gasteiger partial charge in [0.2, 0.25) is 0 Å². The van der Waals surface area contributed by atoms with Crippen LogP contribution in [0.3, 0.4) is 0 Å². The van der Waals surface area contributed by atoms with Gasteiger partial charge >= 0.3 is 0 Å². The third-order valence-electron chi connectivity index (χ3n) is 3.73. The molecule has 0 aliphatic rings. The van der Waals surface area contributed by atoms with Crippen LogP contribution in [-0.4, -0.2) is 73.4 Å². The lowest BCUT2D eigenvalue weighted by Crippen LogP contribution is -2.41. The summed E-state index contributed by atoms with van der Waals surface area (Å²) in [5, 5.41) is 13.2. The molecule has 0 fully saturated rings. The van der Waals surface area contributed by atoms with E-state index in [0.29, 0.717) is 12.6 Å². The Balaban J connectivity index is 3.59. The van der Waals surface area contributed by atoms with Gasteiger partial charge in [0, 0.05) is 32.2 Å². The van der Waals surface area contributed by atoms with E-state index >= 15 is 0 Å². The highest BCUT2D eigenvalue weighted by atomic mass is 16.3. The molecule has 0 spiro atoms. The Morgan fingerprint density at radius 3 is 2.28 bits per heavy atom. The lowest BCUT2D eigenvalue weighted by Gasteiger charge is -2.25. The van der Waals surface area contributed by atoms with Gasteiger partial charge in [-0.05, 0) is 33.5 Å². The fraction of sp³-hybridized carbons (Fsp3) is 1.00. The highest BCUT2D eigenvalue weighted by molar-refractivity contribution is 4.67. The molecule has 18 heavy (non-hydrogen) atoms. The normalized spacial score (nSPS) is 15.3. The van der Waals surface area contributed by atoms with Crippen molar-refractivity contribution in [3.8, 4) is 0 Å². The van der Waals surface area contributed by atoms with Crippen molar-refractivity contribution in [3.05, 3.63) is 0 Å². The first-order valence-corrected chi connectivity index (χ1v) is 7.36. The fourth-order valence-electron chi connectivity index (χ4n) is 1.90. The van der Waals surface area contributed by atoms with E-state index in [1.807, 2.05) is 0 Å². The molecule has 2 unspecified atom stereocenters. The summed E-state index contributed by atoms with van der Waals surface area (Å²) in [6.45, 7) is 14.1. The van der Waals surface area contributed by atoms with E-state index in [9.17, 15) is 5.11 Å². The van der Waals surface area contributed by atoms with Crippen LogP contribution in [0, 0.1) is 0 Å². The second-order valence-corrected chi connectivity index (χ2v) is 5.08. The molecule has 4 nitrogen and oxygen atoms in total. The maximum absolute atomic E-state index is 9.88. The number of nitrogens with one attached hydrogen (secondary N) is 1. The lowest BCUT2D eigenvalue weighted by atomic mass is 10.2. The summed E-state index contributed by atoms with van der Waals surface area (Å²) in [4.78, 5) is 4.60. The summed E-state index contributed by atoms with van der Waals surface area (Å²) in [6, 6.07) is 0.632. The van der Waals surface area contributed by atoms with E-state index in [-0.39, 0.29) is 6.10 Å². The van der Waals surface area contributed by atoms with E-state index in [1.54, 1.807) is 0 Å². The van der Waals surface area contributed by atoms with Crippen LogP contribution >= 0.6 is 0 Å². The van der Waals surface area contributed by atoms with Gasteiger partial charge in [-0.25, -0.2) is 0 Å². The van der Waals surface area contributed by atoms with Crippen molar-refractivity contribution in [1.29, 1.82) is 0 Å². The molecular formula is C14H33N3O. The van der Waals surface area contributed by atoms with E-state index in [0.717, 1.165) is 32.7 Å². The van der Waals surface area contributed by atoms with Crippen molar-refractivity contribution in [2.24, 2.45) is 0 Å². The van der Waals surface area contributed by atoms with Gasteiger partial charge < -0.3 is 20.2 Å². The number of nitrogens with zero attached hydrogens (tertiary/aromatic N) is 2. The molecule has 0 amide bonds. The number of hydrogen-bond donors (Lipinski definition) is 2. The first-order chi connectivity index (χ1) is 8.54. The van der Waals surface area contributed by atoms with Gasteiger partial charge in [0.25, 0.3) is 0 Å². The average molecular weight is 259 g/mol. The van der Waals surface area contributed by atoms with Gasteiger partial charge in [0.05, 0.1) is 6.10 Å². The standard InChI is InChI=1S/C14H33N3O/c1-6-13(4)16(5)10-9-15-11-14(18)12-17(7-2)8-3/h13-15,18H,6-12H2,1-5H3. The molecule has 0 saturated heterocycles. The van der Waals surface area contributed by atoms with Crippen LogP contribution in [0.4, 0.5) is 0 Å². The van der Waals surface area contributed by atoms with Crippen LogP contribution in [0.15, 0.2) is 0 Å².